The number of carbonyl (C=O) groups excluding carboxylic acids is 1. The van der Waals surface area contributed by atoms with Crippen molar-refractivity contribution < 1.29 is 4.79 Å². The Morgan fingerprint density at radius 1 is 1.13 bits per heavy atom. The second kappa shape index (κ2) is 9.08. The quantitative estimate of drug-likeness (QED) is 0.322. The zero-order valence-corrected chi connectivity index (χ0v) is 19.3. The zero-order chi connectivity index (χ0) is 22.0. The number of thioether (sulfide) groups is 1. The van der Waals surface area contributed by atoms with E-state index in [1.54, 1.807) is 7.05 Å². The highest BCUT2D eigenvalue weighted by Gasteiger charge is 2.16. The van der Waals surface area contributed by atoms with Crippen LogP contribution >= 0.6 is 23.1 Å². The molecule has 0 fully saturated rings. The lowest BCUT2D eigenvalue weighted by Crippen LogP contribution is -2.20. The van der Waals surface area contributed by atoms with Crippen LogP contribution in [0.3, 0.4) is 0 Å². The number of fused-ring (bicyclic) bond motifs is 1. The van der Waals surface area contributed by atoms with Gasteiger partial charge in [-0.15, -0.1) is 11.3 Å². The number of hydrogen-bond donors (Lipinski definition) is 1. The molecule has 2 aromatic carbocycles. The lowest BCUT2D eigenvalue weighted by Gasteiger charge is -2.09. The molecule has 2 heterocycles. The van der Waals surface area contributed by atoms with Gasteiger partial charge in [-0.25, -0.2) is 4.98 Å². The molecule has 0 aliphatic carbocycles. The number of anilines is 1. The van der Waals surface area contributed by atoms with E-state index < -0.39 is 0 Å². The number of amides is 1. The number of benzene rings is 2. The van der Waals surface area contributed by atoms with Crippen molar-refractivity contribution in [2.45, 2.75) is 25.4 Å². The number of aryl methyl sites for hydroxylation is 2. The summed E-state index contributed by atoms with van der Waals surface area (Å²) in [4.78, 5) is 30.0. The molecule has 0 atom stereocenters. The monoisotopic (exact) mass is 449 g/mol. The molecule has 5 nitrogen and oxygen atoms in total. The fourth-order valence-electron chi connectivity index (χ4n) is 3.24. The van der Waals surface area contributed by atoms with Crippen molar-refractivity contribution in [3.8, 4) is 11.1 Å². The molecule has 7 heteroatoms. The Kier molecular flexibility index (Phi) is 6.25. The summed E-state index contributed by atoms with van der Waals surface area (Å²) in [6, 6.07) is 16.0. The first-order chi connectivity index (χ1) is 15.0. The molecule has 31 heavy (non-hydrogen) atoms. The minimum Gasteiger partial charge on any atom is -0.325 e. The van der Waals surface area contributed by atoms with Crippen molar-refractivity contribution in [3.05, 3.63) is 75.4 Å². The molecule has 0 saturated heterocycles. The first-order valence-electron chi connectivity index (χ1n) is 10.0. The Morgan fingerprint density at radius 3 is 2.52 bits per heavy atom. The van der Waals surface area contributed by atoms with Crippen LogP contribution in [0.1, 0.15) is 18.1 Å². The summed E-state index contributed by atoms with van der Waals surface area (Å²) in [7, 11) is 1.70. The lowest BCUT2D eigenvalue weighted by atomic mass is 10.1. The van der Waals surface area contributed by atoms with Gasteiger partial charge in [0.1, 0.15) is 4.70 Å². The summed E-state index contributed by atoms with van der Waals surface area (Å²) >= 11 is 2.67. The molecule has 1 amide bonds. The van der Waals surface area contributed by atoms with Crippen molar-refractivity contribution in [1.82, 2.24) is 9.55 Å². The maximum Gasteiger partial charge on any atom is 0.271 e. The van der Waals surface area contributed by atoms with Gasteiger partial charge in [0.25, 0.3) is 5.56 Å². The third-order valence-electron chi connectivity index (χ3n) is 5.10. The summed E-state index contributed by atoms with van der Waals surface area (Å²) in [5.41, 5.74) is 5.74. The highest BCUT2D eigenvalue weighted by Crippen LogP contribution is 2.32. The average Bonchev–Trinajstić information content (AvgIpc) is 3.20. The number of rotatable bonds is 6. The number of hydrogen-bond acceptors (Lipinski definition) is 5. The van der Waals surface area contributed by atoms with Gasteiger partial charge in [0, 0.05) is 23.7 Å². The van der Waals surface area contributed by atoms with Gasteiger partial charge in [-0.3, -0.25) is 14.2 Å². The van der Waals surface area contributed by atoms with E-state index in [0.717, 1.165) is 23.2 Å². The zero-order valence-electron chi connectivity index (χ0n) is 17.6. The van der Waals surface area contributed by atoms with Crippen LogP contribution in [-0.2, 0) is 18.3 Å². The Hall–Kier alpha value is -2.90. The van der Waals surface area contributed by atoms with E-state index in [9.17, 15) is 9.59 Å². The smallest absolute Gasteiger partial charge is 0.271 e. The number of nitrogens with one attached hydrogen (secondary N) is 1. The van der Waals surface area contributed by atoms with Gasteiger partial charge in [-0.2, -0.15) is 0 Å². The van der Waals surface area contributed by atoms with Crippen molar-refractivity contribution >= 4 is 44.9 Å². The molecule has 1 N–H and O–H groups in total. The van der Waals surface area contributed by atoms with Crippen molar-refractivity contribution in [2.24, 2.45) is 7.05 Å². The fraction of sp³-hybridized carbons (Fsp3) is 0.208. The predicted molar refractivity (Wildman–Crippen MR) is 130 cm³/mol. The van der Waals surface area contributed by atoms with Gasteiger partial charge in [0.05, 0.1) is 11.3 Å². The van der Waals surface area contributed by atoms with Gasteiger partial charge in [-0.05, 0) is 36.6 Å². The standard InChI is InChI=1S/C24H23N3O2S2/c1-4-16-7-11-18(12-8-16)25-20(28)14-31-24-26-21-19(17-9-5-15(2)6-10-17)13-30-22(21)23(29)27(24)3/h5-13H,4,14H2,1-3H3,(H,25,28). The number of carbonyl (C=O) groups is 1. The summed E-state index contributed by atoms with van der Waals surface area (Å²) in [6.45, 7) is 4.14. The molecular formula is C24H23N3O2S2. The first-order valence-corrected chi connectivity index (χ1v) is 11.9. The van der Waals surface area contributed by atoms with Gasteiger partial charge in [-0.1, -0.05) is 60.6 Å². The third-order valence-corrected chi connectivity index (χ3v) is 7.09. The Labute approximate surface area is 189 Å². The van der Waals surface area contributed by atoms with E-state index in [4.69, 9.17) is 4.98 Å². The van der Waals surface area contributed by atoms with Gasteiger partial charge < -0.3 is 5.32 Å². The van der Waals surface area contributed by atoms with Crippen LogP contribution < -0.4 is 10.9 Å². The van der Waals surface area contributed by atoms with Gasteiger partial charge in [0.15, 0.2) is 5.16 Å². The van der Waals surface area contributed by atoms with E-state index in [1.165, 1.54) is 38.8 Å². The predicted octanol–water partition coefficient (Wildman–Crippen LogP) is 5.26. The minimum atomic E-state index is -0.132. The van der Waals surface area contributed by atoms with Gasteiger partial charge >= 0.3 is 0 Å². The third kappa shape index (κ3) is 4.57. The first kappa shape index (κ1) is 21.3. The van der Waals surface area contributed by atoms with E-state index in [1.807, 2.05) is 60.8 Å². The highest BCUT2D eigenvalue weighted by atomic mass is 32.2. The van der Waals surface area contributed by atoms with E-state index >= 15 is 0 Å². The summed E-state index contributed by atoms with van der Waals surface area (Å²) in [5, 5.41) is 5.40. The van der Waals surface area contributed by atoms with E-state index in [-0.39, 0.29) is 17.2 Å². The van der Waals surface area contributed by atoms with E-state index in [0.29, 0.717) is 15.4 Å². The van der Waals surface area contributed by atoms with Crippen LogP contribution in [0.15, 0.2) is 63.9 Å². The second-order valence-electron chi connectivity index (χ2n) is 7.34. The number of aromatic nitrogens is 2. The Morgan fingerprint density at radius 2 is 1.84 bits per heavy atom. The molecule has 0 spiro atoms. The molecule has 0 saturated carbocycles. The molecule has 0 aliphatic rings. The van der Waals surface area contributed by atoms with Crippen LogP contribution in [0.2, 0.25) is 0 Å². The van der Waals surface area contributed by atoms with E-state index in [2.05, 4.69) is 12.2 Å². The molecular weight excluding hydrogens is 426 g/mol. The normalized spacial score (nSPS) is 11.1. The molecule has 0 unspecified atom stereocenters. The number of nitrogens with zero attached hydrogens (tertiary/aromatic N) is 2. The van der Waals surface area contributed by atoms with Crippen molar-refractivity contribution in [2.75, 3.05) is 11.1 Å². The minimum absolute atomic E-state index is 0.0913. The van der Waals surface area contributed by atoms with Crippen LogP contribution in [-0.4, -0.2) is 21.2 Å². The van der Waals surface area contributed by atoms with Gasteiger partial charge in [0.2, 0.25) is 5.91 Å². The van der Waals surface area contributed by atoms with Crippen LogP contribution in [0.4, 0.5) is 5.69 Å². The SMILES string of the molecule is CCc1ccc(NC(=O)CSc2nc3c(-c4ccc(C)cc4)csc3c(=O)n2C)cc1. The largest absolute Gasteiger partial charge is 0.325 e. The lowest BCUT2D eigenvalue weighted by molar-refractivity contribution is -0.113. The maximum atomic E-state index is 12.9. The van der Waals surface area contributed by atoms with Crippen molar-refractivity contribution in [1.29, 1.82) is 0 Å². The highest BCUT2D eigenvalue weighted by molar-refractivity contribution is 7.99. The molecule has 0 bridgehead atoms. The molecule has 158 valence electrons. The number of thiophene rings is 1. The maximum absolute atomic E-state index is 12.9. The molecule has 4 rings (SSSR count). The Balaban J connectivity index is 1.56. The van der Waals surface area contributed by atoms with Crippen LogP contribution in [0, 0.1) is 6.92 Å². The summed E-state index contributed by atoms with van der Waals surface area (Å²) in [6.07, 6.45) is 0.958. The van der Waals surface area contributed by atoms with Crippen molar-refractivity contribution in [3.63, 3.8) is 0 Å². The molecule has 0 aliphatic heterocycles. The topological polar surface area (TPSA) is 64.0 Å². The molecule has 4 aromatic rings. The average molecular weight is 450 g/mol. The summed E-state index contributed by atoms with van der Waals surface area (Å²) in [5.74, 6) is 0.0402. The summed E-state index contributed by atoms with van der Waals surface area (Å²) < 4.78 is 2.15. The Bertz CT molecular complexity index is 1290. The molecule has 0 radical (unpaired) electrons. The molecule has 2 aromatic heterocycles. The fourth-order valence-corrected chi connectivity index (χ4v) is 5.00. The van der Waals surface area contributed by atoms with Crippen LogP contribution in [0.5, 0.6) is 0 Å². The van der Waals surface area contributed by atoms with Crippen LogP contribution in [0.25, 0.3) is 21.3 Å². The second-order valence-corrected chi connectivity index (χ2v) is 9.16.